The quantitative estimate of drug-likeness (QED) is 0.623. The molecule has 90 valence electrons. The number of nitrogens with one attached hydrogen (secondary N) is 1. The van der Waals surface area contributed by atoms with Gasteiger partial charge in [0.05, 0.1) is 6.10 Å². The zero-order valence-electron chi connectivity index (χ0n) is 9.39. The van der Waals surface area contributed by atoms with Gasteiger partial charge in [0, 0.05) is 24.9 Å². The summed E-state index contributed by atoms with van der Waals surface area (Å²) in [5.41, 5.74) is 1.77. The molecule has 1 aromatic heterocycles. The standard InChI is InChI=1S/C10H17N3OS2/c1-8(9-3-2-5-14-9)11-4-6-15-10-13-12-7-16-10/h7-9,11H,2-6H2,1H3. The summed E-state index contributed by atoms with van der Waals surface area (Å²) in [5, 5.41) is 11.3. The van der Waals surface area contributed by atoms with E-state index >= 15 is 0 Å². The minimum Gasteiger partial charge on any atom is -0.377 e. The van der Waals surface area contributed by atoms with Crippen LogP contribution in [0.3, 0.4) is 0 Å². The van der Waals surface area contributed by atoms with Gasteiger partial charge >= 0.3 is 0 Å². The van der Waals surface area contributed by atoms with Crippen LogP contribution in [0, 0.1) is 0 Å². The van der Waals surface area contributed by atoms with Gasteiger partial charge in [-0.2, -0.15) is 0 Å². The third-order valence-electron chi connectivity index (χ3n) is 2.66. The van der Waals surface area contributed by atoms with Crippen LogP contribution in [0.1, 0.15) is 19.8 Å². The molecule has 0 spiro atoms. The number of ether oxygens (including phenoxy) is 1. The van der Waals surface area contributed by atoms with E-state index in [2.05, 4.69) is 22.4 Å². The Bertz CT molecular complexity index is 288. The average molecular weight is 259 g/mol. The highest BCUT2D eigenvalue weighted by molar-refractivity contribution is 8.01. The van der Waals surface area contributed by atoms with E-state index in [0.717, 1.165) is 23.2 Å². The molecule has 2 rings (SSSR count). The molecule has 0 saturated carbocycles. The minimum atomic E-state index is 0.409. The van der Waals surface area contributed by atoms with Gasteiger partial charge in [-0.1, -0.05) is 23.1 Å². The Labute approximate surface area is 104 Å². The highest BCUT2D eigenvalue weighted by Gasteiger charge is 2.21. The van der Waals surface area contributed by atoms with Crippen molar-refractivity contribution in [3.05, 3.63) is 5.51 Å². The first-order valence-corrected chi connectivity index (χ1v) is 7.47. The summed E-state index contributed by atoms with van der Waals surface area (Å²) in [6, 6.07) is 0.456. The molecule has 0 radical (unpaired) electrons. The molecule has 16 heavy (non-hydrogen) atoms. The molecule has 1 aromatic rings. The molecule has 1 saturated heterocycles. The van der Waals surface area contributed by atoms with E-state index in [4.69, 9.17) is 4.74 Å². The van der Waals surface area contributed by atoms with Gasteiger partial charge in [0.1, 0.15) is 5.51 Å². The Balaban J connectivity index is 1.57. The predicted octanol–water partition coefficient (Wildman–Crippen LogP) is 1.79. The predicted molar refractivity (Wildman–Crippen MR) is 67.1 cm³/mol. The Hall–Kier alpha value is -0.170. The molecular weight excluding hydrogens is 242 g/mol. The third-order valence-corrected chi connectivity index (χ3v) is 4.52. The number of aromatic nitrogens is 2. The summed E-state index contributed by atoms with van der Waals surface area (Å²) >= 11 is 3.35. The van der Waals surface area contributed by atoms with Gasteiger partial charge in [-0.15, -0.1) is 10.2 Å². The van der Waals surface area contributed by atoms with Gasteiger partial charge in [-0.25, -0.2) is 0 Å². The Kier molecular flexibility index (Phi) is 5.02. The lowest BCUT2D eigenvalue weighted by atomic mass is 10.1. The van der Waals surface area contributed by atoms with E-state index in [1.165, 1.54) is 12.8 Å². The number of rotatable bonds is 6. The van der Waals surface area contributed by atoms with Crippen molar-refractivity contribution in [3.63, 3.8) is 0 Å². The molecule has 1 fully saturated rings. The summed E-state index contributed by atoms with van der Waals surface area (Å²) in [7, 11) is 0. The van der Waals surface area contributed by atoms with Crippen LogP contribution in [0.4, 0.5) is 0 Å². The highest BCUT2D eigenvalue weighted by Crippen LogP contribution is 2.18. The maximum Gasteiger partial charge on any atom is 0.174 e. The number of thioether (sulfide) groups is 1. The second-order valence-electron chi connectivity index (χ2n) is 3.85. The zero-order valence-corrected chi connectivity index (χ0v) is 11.0. The molecular formula is C10H17N3OS2. The molecule has 0 amide bonds. The van der Waals surface area contributed by atoms with Gasteiger partial charge in [0.25, 0.3) is 0 Å². The fraction of sp³-hybridized carbons (Fsp3) is 0.800. The summed E-state index contributed by atoms with van der Waals surface area (Å²) < 4.78 is 6.68. The second kappa shape index (κ2) is 6.54. The number of nitrogens with zero attached hydrogens (tertiary/aromatic N) is 2. The summed E-state index contributed by atoms with van der Waals surface area (Å²) in [6.07, 6.45) is 2.81. The molecule has 4 nitrogen and oxygen atoms in total. The minimum absolute atomic E-state index is 0.409. The first-order valence-electron chi connectivity index (χ1n) is 5.60. The lowest BCUT2D eigenvalue weighted by Crippen LogP contribution is -2.38. The van der Waals surface area contributed by atoms with Crippen LogP contribution < -0.4 is 5.32 Å². The molecule has 2 atom stereocenters. The topological polar surface area (TPSA) is 47.0 Å². The summed E-state index contributed by atoms with van der Waals surface area (Å²) in [6.45, 7) is 4.12. The van der Waals surface area contributed by atoms with Crippen molar-refractivity contribution >= 4 is 23.1 Å². The normalized spacial score (nSPS) is 22.4. The van der Waals surface area contributed by atoms with Crippen molar-refractivity contribution in [2.45, 2.75) is 36.3 Å². The fourth-order valence-electron chi connectivity index (χ4n) is 1.78. The smallest absolute Gasteiger partial charge is 0.174 e. The van der Waals surface area contributed by atoms with Gasteiger partial charge in [0.15, 0.2) is 4.34 Å². The molecule has 0 aromatic carbocycles. The van der Waals surface area contributed by atoms with Gasteiger partial charge in [0.2, 0.25) is 0 Å². The van der Waals surface area contributed by atoms with Crippen LogP contribution >= 0.6 is 23.1 Å². The lowest BCUT2D eigenvalue weighted by Gasteiger charge is -2.19. The third kappa shape index (κ3) is 3.69. The van der Waals surface area contributed by atoms with Crippen LogP contribution in [0.15, 0.2) is 9.85 Å². The molecule has 2 unspecified atom stereocenters. The van der Waals surface area contributed by atoms with E-state index in [1.807, 2.05) is 0 Å². The van der Waals surface area contributed by atoms with Crippen molar-refractivity contribution in [2.75, 3.05) is 18.9 Å². The first-order chi connectivity index (χ1) is 7.86. The van der Waals surface area contributed by atoms with E-state index < -0.39 is 0 Å². The summed E-state index contributed by atoms with van der Waals surface area (Å²) in [4.78, 5) is 0. The van der Waals surface area contributed by atoms with Crippen LogP contribution in [0.2, 0.25) is 0 Å². The van der Waals surface area contributed by atoms with Crippen LogP contribution in [0.25, 0.3) is 0 Å². The van der Waals surface area contributed by atoms with Gasteiger partial charge in [-0.05, 0) is 19.8 Å². The van der Waals surface area contributed by atoms with E-state index in [1.54, 1.807) is 28.6 Å². The molecule has 0 aliphatic carbocycles. The highest BCUT2D eigenvalue weighted by atomic mass is 32.2. The Morgan fingerprint density at radius 2 is 2.69 bits per heavy atom. The molecule has 1 N–H and O–H groups in total. The summed E-state index contributed by atoms with van der Waals surface area (Å²) in [5.74, 6) is 1.03. The van der Waals surface area contributed by atoms with E-state index in [9.17, 15) is 0 Å². The number of hydrogen-bond acceptors (Lipinski definition) is 6. The maximum absolute atomic E-state index is 5.63. The molecule has 0 bridgehead atoms. The van der Waals surface area contributed by atoms with Crippen LogP contribution in [-0.2, 0) is 4.74 Å². The Morgan fingerprint density at radius 3 is 3.38 bits per heavy atom. The van der Waals surface area contributed by atoms with Crippen molar-refractivity contribution in [1.82, 2.24) is 15.5 Å². The Morgan fingerprint density at radius 1 is 1.75 bits per heavy atom. The van der Waals surface area contributed by atoms with Gasteiger partial charge < -0.3 is 10.1 Å². The SMILES string of the molecule is CC(NCCSc1nncs1)C1CCCO1. The van der Waals surface area contributed by atoms with Crippen LogP contribution in [-0.4, -0.2) is 41.2 Å². The van der Waals surface area contributed by atoms with Crippen molar-refractivity contribution in [2.24, 2.45) is 0 Å². The van der Waals surface area contributed by atoms with E-state index in [0.29, 0.717) is 12.1 Å². The molecule has 1 aliphatic heterocycles. The fourth-order valence-corrected chi connectivity index (χ4v) is 3.21. The van der Waals surface area contributed by atoms with Crippen molar-refractivity contribution in [1.29, 1.82) is 0 Å². The lowest BCUT2D eigenvalue weighted by molar-refractivity contribution is 0.0844. The van der Waals surface area contributed by atoms with E-state index in [-0.39, 0.29) is 0 Å². The van der Waals surface area contributed by atoms with Gasteiger partial charge in [-0.3, -0.25) is 0 Å². The number of hydrogen-bond donors (Lipinski definition) is 1. The first kappa shape index (κ1) is 12.3. The maximum atomic E-state index is 5.63. The van der Waals surface area contributed by atoms with Crippen molar-refractivity contribution in [3.8, 4) is 0 Å². The molecule has 6 heteroatoms. The largest absolute Gasteiger partial charge is 0.377 e. The molecule has 2 heterocycles. The monoisotopic (exact) mass is 259 g/mol. The van der Waals surface area contributed by atoms with Crippen LogP contribution in [0.5, 0.6) is 0 Å². The molecule has 1 aliphatic rings. The zero-order chi connectivity index (χ0) is 11.2. The second-order valence-corrected chi connectivity index (χ2v) is 6.02. The van der Waals surface area contributed by atoms with Crippen molar-refractivity contribution < 1.29 is 4.74 Å². The average Bonchev–Trinajstić information content (AvgIpc) is 2.96.